The molecule has 0 amide bonds. The molecule has 2 aromatic rings. The summed E-state index contributed by atoms with van der Waals surface area (Å²) in [6.45, 7) is 0. The Balaban J connectivity index is 0.000000404. The van der Waals surface area contributed by atoms with E-state index in [9.17, 15) is 0 Å². The van der Waals surface area contributed by atoms with Gasteiger partial charge in [0.25, 0.3) is 0 Å². The van der Waals surface area contributed by atoms with Gasteiger partial charge in [0.1, 0.15) is 0 Å². The first-order chi connectivity index (χ1) is 7.45. The minimum atomic E-state index is 1.24. The quantitative estimate of drug-likeness (QED) is 0.457. The predicted molar refractivity (Wildman–Crippen MR) is 60.2 cm³/mol. The number of benzene rings is 1. The zero-order chi connectivity index (χ0) is 10.7. The lowest BCUT2D eigenvalue weighted by Gasteiger charge is -2.10. The molecule has 0 spiro atoms. The topological polar surface area (TPSA) is 56.2 Å². The molecule has 0 saturated carbocycles. The van der Waals surface area contributed by atoms with Gasteiger partial charge in [-0.05, 0) is 37.3 Å². The van der Waals surface area contributed by atoms with Crippen molar-refractivity contribution < 1.29 is 10.5 Å². The van der Waals surface area contributed by atoms with Crippen molar-refractivity contribution in [3.8, 4) is 0 Å². The molecule has 1 aliphatic rings. The average molecular weight is 205 g/mol. The Morgan fingerprint density at radius 3 is 2.60 bits per heavy atom. The van der Waals surface area contributed by atoms with Crippen LogP contribution in [0.3, 0.4) is 0 Å². The lowest BCUT2D eigenvalue weighted by molar-refractivity contribution is -0.176. The van der Waals surface area contributed by atoms with Gasteiger partial charge >= 0.3 is 0 Å². The third kappa shape index (κ3) is 1.76. The Morgan fingerprint density at radius 2 is 1.73 bits per heavy atom. The molecule has 3 N–H and O–H groups in total. The van der Waals surface area contributed by atoms with Crippen LogP contribution in [0.5, 0.6) is 0 Å². The molecule has 0 bridgehead atoms. The maximum absolute atomic E-state index is 6.00. The van der Waals surface area contributed by atoms with Crippen molar-refractivity contribution in [3.63, 3.8) is 0 Å². The maximum atomic E-state index is 6.00. The average Bonchev–Trinajstić information content (AvgIpc) is 2.70. The fraction of sp³-hybridized carbons (Fsp3) is 0.333. The second-order valence-electron chi connectivity index (χ2n) is 3.83. The molecule has 1 heterocycles. The Hall–Kier alpha value is -1.32. The van der Waals surface area contributed by atoms with Crippen LogP contribution in [0.25, 0.3) is 10.9 Å². The van der Waals surface area contributed by atoms with Crippen LogP contribution < -0.4 is 0 Å². The first-order valence-corrected chi connectivity index (χ1v) is 5.23. The lowest BCUT2D eigenvalue weighted by Crippen LogP contribution is -1.99. The minimum absolute atomic E-state index is 1.24. The fourth-order valence-electron chi connectivity index (χ4n) is 2.36. The van der Waals surface area contributed by atoms with Gasteiger partial charge < -0.3 is 4.98 Å². The van der Waals surface area contributed by atoms with Crippen LogP contribution in [-0.2, 0) is 12.8 Å². The number of H-pyrrole nitrogens is 1. The van der Waals surface area contributed by atoms with Gasteiger partial charge in [0.05, 0.1) is 0 Å². The summed E-state index contributed by atoms with van der Waals surface area (Å²) >= 11 is 0. The molecule has 0 atom stereocenters. The zero-order valence-corrected chi connectivity index (χ0v) is 8.53. The molecular weight excluding hydrogens is 190 g/mol. The Kier molecular flexibility index (Phi) is 3.04. The van der Waals surface area contributed by atoms with Crippen LogP contribution in [0.1, 0.15) is 24.1 Å². The molecule has 0 unspecified atom stereocenters. The van der Waals surface area contributed by atoms with E-state index in [-0.39, 0.29) is 0 Å². The van der Waals surface area contributed by atoms with Crippen LogP contribution in [0.2, 0.25) is 0 Å². The van der Waals surface area contributed by atoms with Crippen molar-refractivity contribution in [3.05, 3.63) is 35.5 Å². The van der Waals surface area contributed by atoms with Gasteiger partial charge in [-0.3, -0.25) is 10.5 Å². The van der Waals surface area contributed by atoms with Crippen LogP contribution >= 0.6 is 0 Å². The number of aromatic nitrogens is 1. The first-order valence-electron chi connectivity index (χ1n) is 5.23. The highest BCUT2D eigenvalue weighted by molar-refractivity contribution is 5.84. The van der Waals surface area contributed by atoms with E-state index in [1.54, 1.807) is 5.56 Å². The Bertz CT molecular complexity index is 448. The number of aromatic amines is 1. The molecule has 1 aromatic heterocycles. The number of rotatable bonds is 0. The van der Waals surface area contributed by atoms with E-state index < -0.39 is 0 Å². The van der Waals surface area contributed by atoms with Crippen LogP contribution in [0.4, 0.5) is 0 Å². The summed E-state index contributed by atoms with van der Waals surface area (Å²) in [6.07, 6.45) is 5.21. The van der Waals surface area contributed by atoms with Crippen LogP contribution in [0.15, 0.2) is 24.3 Å². The molecule has 0 radical (unpaired) electrons. The first kappa shape index (κ1) is 10.2. The normalized spacial score (nSPS) is 14.3. The lowest BCUT2D eigenvalue weighted by atomic mass is 9.96. The summed E-state index contributed by atoms with van der Waals surface area (Å²) in [5, 5.41) is 13.4. The Labute approximate surface area is 88.3 Å². The smallest absolute Gasteiger partial charge is 0.0458 e. The van der Waals surface area contributed by atoms with E-state index >= 15 is 0 Å². The van der Waals surface area contributed by atoms with Crippen LogP contribution in [-0.4, -0.2) is 15.5 Å². The molecule has 0 saturated heterocycles. The van der Waals surface area contributed by atoms with Crippen molar-refractivity contribution in [2.24, 2.45) is 0 Å². The van der Waals surface area contributed by atoms with E-state index in [0.717, 1.165) is 0 Å². The number of aryl methyl sites for hydroxylation is 2. The van der Waals surface area contributed by atoms with Gasteiger partial charge in [-0.1, -0.05) is 18.2 Å². The highest BCUT2D eigenvalue weighted by Crippen LogP contribution is 2.28. The van der Waals surface area contributed by atoms with E-state index in [4.69, 9.17) is 10.5 Å². The number of hydrogen-bond donors (Lipinski definition) is 3. The van der Waals surface area contributed by atoms with Crippen LogP contribution in [0, 0.1) is 0 Å². The van der Waals surface area contributed by atoms with Crippen molar-refractivity contribution in [1.29, 1.82) is 0 Å². The molecule has 1 aromatic carbocycles. The monoisotopic (exact) mass is 205 g/mol. The summed E-state index contributed by atoms with van der Waals surface area (Å²) in [7, 11) is 0. The third-order valence-electron chi connectivity index (χ3n) is 3.01. The molecule has 80 valence electrons. The summed E-state index contributed by atoms with van der Waals surface area (Å²) in [4.78, 5) is 3.52. The van der Waals surface area contributed by atoms with Gasteiger partial charge in [0, 0.05) is 16.6 Å². The molecule has 1 aliphatic carbocycles. The van der Waals surface area contributed by atoms with Gasteiger partial charge in [-0.15, -0.1) is 0 Å². The van der Waals surface area contributed by atoms with Gasteiger partial charge in [0.15, 0.2) is 0 Å². The minimum Gasteiger partial charge on any atom is -0.358 e. The molecule has 3 rings (SSSR count). The van der Waals surface area contributed by atoms with Gasteiger partial charge in [-0.25, -0.2) is 0 Å². The predicted octanol–water partition coefficient (Wildman–Crippen LogP) is 3.06. The number of nitrogens with one attached hydrogen (secondary N) is 1. The summed E-state index contributed by atoms with van der Waals surface area (Å²) in [5.74, 6) is 0. The number of hydrogen-bond acceptors (Lipinski definition) is 2. The molecule has 3 nitrogen and oxygen atoms in total. The molecule has 0 aliphatic heterocycles. The Morgan fingerprint density at radius 1 is 1.00 bits per heavy atom. The van der Waals surface area contributed by atoms with E-state index in [1.165, 1.54) is 42.3 Å². The zero-order valence-electron chi connectivity index (χ0n) is 8.53. The number of fused-ring (bicyclic) bond motifs is 3. The largest absolute Gasteiger partial charge is 0.358 e. The number of para-hydroxylation sites is 1. The molecular formula is C12H15NO2. The maximum Gasteiger partial charge on any atom is 0.0458 e. The molecule has 3 heteroatoms. The second kappa shape index (κ2) is 4.47. The van der Waals surface area contributed by atoms with Crippen molar-refractivity contribution in [1.82, 2.24) is 4.98 Å². The van der Waals surface area contributed by atoms with E-state index in [2.05, 4.69) is 29.2 Å². The standard InChI is InChI=1S/C12H13N.H2O2/c1-3-7-11-9(5-1)10-6-2-4-8-12(10)13-11;1-2/h1,3,5,7,13H,2,4,6,8H2;1-2H. The second-order valence-corrected chi connectivity index (χ2v) is 3.83. The SMILES string of the molecule is OO.c1ccc2c3c([nH]c2c1)CCCC3. The van der Waals surface area contributed by atoms with E-state index in [0.29, 0.717) is 0 Å². The highest BCUT2D eigenvalue weighted by atomic mass is 17.0. The van der Waals surface area contributed by atoms with E-state index in [1.807, 2.05) is 0 Å². The summed E-state index contributed by atoms with van der Waals surface area (Å²) in [5.41, 5.74) is 4.36. The third-order valence-corrected chi connectivity index (χ3v) is 3.01. The van der Waals surface area contributed by atoms with Crippen molar-refractivity contribution in [2.45, 2.75) is 25.7 Å². The fourth-order valence-corrected chi connectivity index (χ4v) is 2.36. The van der Waals surface area contributed by atoms with Gasteiger partial charge in [0.2, 0.25) is 0 Å². The summed E-state index contributed by atoms with van der Waals surface area (Å²) < 4.78 is 0. The van der Waals surface area contributed by atoms with Gasteiger partial charge in [-0.2, -0.15) is 0 Å². The molecule has 15 heavy (non-hydrogen) atoms. The highest BCUT2D eigenvalue weighted by Gasteiger charge is 2.13. The molecule has 0 fully saturated rings. The van der Waals surface area contributed by atoms with Crippen molar-refractivity contribution >= 4 is 10.9 Å². The van der Waals surface area contributed by atoms with Crippen molar-refractivity contribution in [2.75, 3.05) is 0 Å². The summed E-state index contributed by atoms with van der Waals surface area (Å²) in [6, 6.07) is 8.64.